The van der Waals surface area contributed by atoms with Gasteiger partial charge in [0.1, 0.15) is 10.1 Å². The van der Waals surface area contributed by atoms with Crippen LogP contribution >= 0.6 is 0 Å². The van der Waals surface area contributed by atoms with Crippen LogP contribution in [-0.2, 0) is 10.1 Å². The first-order valence-electron chi connectivity index (χ1n) is 4.10. The van der Waals surface area contributed by atoms with Gasteiger partial charge in [-0.2, -0.15) is 0 Å². The molecular weight excluding hydrogens is 259 g/mol. The van der Waals surface area contributed by atoms with Crippen LogP contribution in [0.15, 0.2) is 32.7 Å². The van der Waals surface area contributed by atoms with Gasteiger partial charge >= 0.3 is 40.7 Å². The number of hydrogen-bond acceptors (Lipinski definition) is 5. The van der Waals surface area contributed by atoms with Gasteiger partial charge < -0.3 is 14.5 Å². The fourth-order valence-electron chi connectivity index (χ4n) is 1.25. The van der Waals surface area contributed by atoms with Crippen molar-refractivity contribution in [3.05, 3.63) is 38.9 Å². The second kappa shape index (κ2) is 4.75. The number of H-pyrrole nitrogens is 2. The molecule has 0 radical (unpaired) electrons. The molecule has 7 nitrogen and oxygen atoms in total. The van der Waals surface area contributed by atoms with E-state index in [0.717, 1.165) is 12.1 Å². The first-order chi connectivity index (χ1) is 7.38. The molecule has 0 spiro atoms. The van der Waals surface area contributed by atoms with Crippen LogP contribution in [0.3, 0.4) is 0 Å². The number of nitrogens with one attached hydrogen (secondary N) is 2. The number of aromatic amines is 2. The van der Waals surface area contributed by atoms with Crippen LogP contribution in [0, 0.1) is 0 Å². The van der Waals surface area contributed by atoms with E-state index in [0.29, 0.717) is 0 Å². The summed E-state index contributed by atoms with van der Waals surface area (Å²) in [4.78, 5) is 25.8. The van der Waals surface area contributed by atoms with Crippen molar-refractivity contribution in [1.29, 1.82) is 0 Å². The van der Waals surface area contributed by atoms with Crippen molar-refractivity contribution in [2.24, 2.45) is 0 Å². The molecule has 0 atom stereocenters. The fraction of sp³-hybridized carbons (Fsp3) is 0. The molecule has 0 saturated heterocycles. The third-order valence-corrected chi connectivity index (χ3v) is 2.81. The van der Waals surface area contributed by atoms with Gasteiger partial charge in [0.15, 0.2) is 0 Å². The maximum atomic E-state index is 11.0. The van der Waals surface area contributed by atoms with Crippen molar-refractivity contribution in [3.63, 3.8) is 0 Å². The molecule has 0 fully saturated rings. The molecule has 2 aromatic rings. The molecular formula is C8H5N2NaO5S. The minimum atomic E-state index is -4.58. The Hall–Kier alpha value is -0.930. The molecule has 2 N–H and O–H groups in total. The third kappa shape index (κ3) is 2.85. The van der Waals surface area contributed by atoms with Crippen LogP contribution in [-0.4, -0.2) is 22.9 Å². The van der Waals surface area contributed by atoms with E-state index < -0.39 is 26.1 Å². The monoisotopic (exact) mass is 264 g/mol. The SMILES string of the molecule is O=c1[nH]c2ccc(S(=O)(=O)[O-])cc2[nH]c1=O.[Na+]. The Morgan fingerprint density at radius 1 is 1.00 bits per heavy atom. The number of aromatic nitrogens is 2. The third-order valence-electron chi connectivity index (χ3n) is 1.98. The quantitative estimate of drug-likeness (QED) is 0.310. The molecule has 0 aliphatic heterocycles. The summed E-state index contributed by atoms with van der Waals surface area (Å²) >= 11 is 0. The van der Waals surface area contributed by atoms with Crippen molar-refractivity contribution in [1.82, 2.24) is 9.97 Å². The zero-order valence-corrected chi connectivity index (χ0v) is 11.5. The topological polar surface area (TPSA) is 123 Å². The van der Waals surface area contributed by atoms with Gasteiger partial charge in [0.25, 0.3) is 0 Å². The van der Waals surface area contributed by atoms with Crippen LogP contribution in [0.4, 0.5) is 0 Å². The van der Waals surface area contributed by atoms with Gasteiger partial charge in [0.05, 0.1) is 15.9 Å². The Bertz CT molecular complexity index is 776. The van der Waals surface area contributed by atoms with E-state index in [1.54, 1.807) is 0 Å². The molecule has 0 unspecified atom stereocenters. The predicted molar refractivity (Wildman–Crippen MR) is 53.2 cm³/mol. The first-order valence-corrected chi connectivity index (χ1v) is 5.51. The molecule has 0 aliphatic carbocycles. The second-order valence-electron chi connectivity index (χ2n) is 3.07. The Morgan fingerprint density at radius 2 is 1.53 bits per heavy atom. The van der Waals surface area contributed by atoms with Crippen LogP contribution in [0.1, 0.15) is 0 Å². The average molecular weight is 264 g/mol. The molecule has 9 heteroatoms. The fourth-order valence-corrected chi connectivity index (χ4v) is 1.75. The largest absolute Gasteiger partial charge is 1.00 e. The van der Waals surface area contributed by atoms with E-state index in [-0.39, 0.29) is 40.6 Å². The molecule has 84 valence electrons. The Labute approximate surface area is 117 Å². The second-order valence-corrected chi connectivity index (χ2v) is 4.45. The molecule has 0 bridgehead atoms. The van der Waals surface area contributed by atoms with E-state index in [2.05, 4.69) is 9.97 Å². The molecule has 0 saturated carbocycles. The van der Waals surface area contributed by atoms with Gasteiger partial charge in [-0.25, -0.2) is 8.42 Å². The number of fused-ring (bicyclic) bond motifs is 1. The van der Waals surface area contributed by atoms with Crippen molar-refractivity contribution < 1.29 is 42.5 Å². The van der Waals surface area contributed by atoms with Gasteiger partial charge in [0.2, 0.25) is 0 Å². The van der Waals surface area contributed by atoms with Crippen LogP contribution in [0.25, 0.3) is 11.0 Å². The minimum Gasteiger partial charge on any atom is -0.744 e. The summed E-state index contributed by atoms with van der Waals surface area (Å²) in [5, 5.41) is 0. The van der Waals surface area contributed by atoms with Gasteiger partial charge in [0, 0.05) is 0 Å². The van der Waals surface area contributed by atoms with Crippen LogP contribution in [0.5, 0.6) is 0 Å². The summed E-state index contributed by atoms with van der Waals surface area (Å²) in [5.74, 6) is 0. The number of hydrogen-bond donors (Lipinski definition) is 2. The molecule has 2 rings (SSSR count). The van der Waals surface area contributed by atoms with Crippen molar-refractivity contribution in [2.75, 3.05) is 0 Å². The van der Waals surface area contributed by atoms with Crippen LogP contribution < -0.4 is 40.7 Å². The predicted octanol–water partition coefficient (Wildman–Crippen LogP) is -3.88. The molecule has 1 heterocycles. The van der Waals surface area contributed by atoms with E-state index in [1.165, 1.54) is 6.07 Å². The normalized spacial score (nSPS) is 11.1. The summed E-state index contributed by atoms with van der Waals surface area (Å²) in [6.45, 7) is 0. The van der Waals surface area contributed by atoms with Gasteiger partial charge in [-0.1, -0.05) is 0 Å². The maximum Gasteiger partial charge on any atom is 1.00 e. The van der Waals surface area contributed by atoms with E-state index in [4.69, 9.17) is 0 Å². The number of benzene rings is 1. The Kier molecular flexibility index (Phi) is 3.95. The molecule has 1 aromatic carbocycles. The minimum absolute atomic E-state index is 0. The molecule has 17 heavy (non-hydrogen) atoms. The van der Waals surface area contributed by atoms with E-state index in [1.807, 2.05) is 0 Å². The van der Waals surface area contributed by atoms with E-state index >= 15 is 0 Å². The van der Waals surface area contributed by atoms with E-state index in [9.17, 15) is 22.6 Å². The maximum absolute atomic E-state index is 11.0. The average Bonchev–Trinajstić information content (AvgIpc) is 2.17. The summed E-state index contributed by atoms with van der Waals surface area (Å²) in [7, 11) is -4.58. The van der Waals surface area contributed by atoms with Crippen molar-refractivity contribution in [3.8, 4) is 0 Å². The van der Waals surface area contributed by atoms with Crippen molar-refractivity contribution >= 4 is 21.2 Å². The Morgan fingerprint density at radius 3 is 2.06 bits per heavy atom. The molecule has 1 aromatic heterocycles. The summed E-state index contributed by atoms with van der Waals surface area (Å²) in [6, 6.07) is 3.28. The Balaban J connectivity index is 0.00000144. The van der Waals surface area contributed by atoms with Crippen LogP contribution in [0.2, 0.25) is 0 Å². The van der Waals surface area contributed by atoms with Crippen molar-refractivity contribution in [2.45, 2.75) is 4.90 Å². The van der Waals surface area contributed by atoms with Gasteiger partial charge in [-0.3, -0.25) is 9.59 Å². The standard InChI is InChI=1S/C8H6N2O5S.Na/c11-7-8(12)10-6-3-4(16(13,14)15)1-2-5(6)9-7;/h1-3H,(H,9,11)(H,10,12)(H,13,14,15);/q;+1/p-1. The van der Waals surface area contributed by atoms with Gasteiger partial charge in [-0.15, -0.1) is 0 Å². The molecule has 0 amide bonds. The summed E-state index contributed by atoms with van der Waals surface area (Å²) in [5.41, 5.74) is -1.42. The smallest absolute Gasteiger partial charge is 0.744 e. The summed E-state index contributed by atoms with van der Waals surface area (Å²) in [6.07, 6.45) is 0. The summed E-state index contributed by atoms with van der Waals surface area (Å²) < 4.78 is 32.1. The first kappa shape index (κ1) is 14.1. The zero-order valence-electron chi connectivity index (χ0n) is 8.68. The van der Waals surface area contributed by atoms with Gasteiger partial charge in [-0.05, 0) is 18.2 Å². The molecule has 0 aliphatic rings. The zero-order chi connectivity index (χ0) is 11.9. The number of rotatable bonds is 1.